The first-order valence-electron chi connectivity index (χ1n) is 5.14. The molecule has 0 saturated carbocycles. The minimum Gasteiger partial charge on any atom is -0.302 e. The van der Waals surface area contributed by atoms with Crippen molar-refractivity contribution in [2.75, 3.05) is 37.5 Å². The van der Waals surface area contributed by atoms with Crippen LogP contribution in [0.4, 0.5) is 0 Å². The van der Waals surface area contributed by atoms with Crippen LogP contribution in [0, 0.1) is 5.92 Å². The van der Waals surface area contributed by atoms with Crippen LogP contribution < -0.4 is 0 Å². The topological polar surface area (TPSA) is 3.24 Å². The molecule has 1 fully saturated rings. The van der Waals surface area contributed by atoms with E-state index in [4.69, 9.17) is 11.6 Å². The SMILES string of the molecule is CSCCN1CCCC(CCCl)C1. The molecule has 0 N–H and O–H groups in total. The summed E-state index contributed by atoms with van der Waals surface area (Å²) in [6, 6.07) is 0. The summed E-state index contributed by atoms with van der Waals surface area (Å²) in [4.78, 5) is 2.59. The highest BCUT2D eigenvalue weighted by Crippen LogP contribution is 2.19. The number of halogens is 1. The summed E-state index contributed by atoms with van der Waals surface area (Å²) in [7, 11) is 0. The van der Waals surface area contributed by atoms with E-state index >= 15 is 0 Å². The minimum atomic E-state index is 0.834. The van der Waals surface area contributed by atoms with Crippen LogP contribution in [0.15, 0.2) is 0 Å². The molecule has 1 atom stereocenters. The number of nitrogens with zero attached hydrogens (tertiary/aromatic N) is 1. The quantitative estimate of drug-likeness (QED) is 0.657. The van der Waals surface area contributed by atoms with Crippen LogP contribution in [0.1, 0.15) is 19.3 Å². The average molecular weight is 222 g/mol. The molecule has 1 aliphatic rings. The van der Waals surface area contributed by atoms with Gasteiger partial charge >= 0.3 is 0 Å². The Bertz CT molecular complexity index is 130. The van der Waals surface area contributed by atoms with E-state index < -0.39 is 0 Å². The zero-order valence-electron chi connectivity index (χ0n) is 8.47. The molecular formula is C10H20ClNS. The molecule has 1 rings (SSSR count). The molecule has 0 spiro atoms. The molecule has 1 saturated heterocycles. The van der Waals surface area contributed by atoms with Gasteiger partial charge < -0.3 is 4.90 Å². The van der Waals surface area contributed by atoms with Crippen molar-refractivity contribution in [2.45, 2.75) is 19.3 Å². The fourth-order valence-corrected chi connectivity index (χ4v) is 2.71. The average Bonchev–Trinajstić information content (AvgIpc) is 2.16. The molecule has 0 aromatic rings. The standard InChI is InChI=1S/C10H20ClNS/c1-13-8-7-12-6-2-3-10(9-12)4-5-11/h10H,2-9H2,1H3. The van der Waals surface area contributed by atoms with Crippen LogP contribution in [0.2, 0.25) is 0 Å². The van der Waals surface area contributed by atoms with Crippen molar-refractivity contribution < 1.29 is 0 Å². The Kier molecular flexibility index (Phi) is 6.26. The molecule has 1 heterocycles. The second-order valence-corrected chi connectivity index (χ2v) is 5.14. The zero-order valence-corrected chi connectivity index (χ0v) is 10.0. The van der Waals surface area contributed by atoms with E-state index in [1.54, 1.807) is 0 Å². The van der Waals surface area contributed by atoms with Crippen LogP contribution in [0.3, 0.4) is 0 Å². The smallest absolute Gasteiger partial charge is 0.0226 e. The molecule has 3 heteroatoms. The molecule has 0 bridgehead atoms. The van der Waals surface area contributed by atoms with Gasteiger partial charge in [-0.1, -0.05) is 0 Å². The van der Waals surface area contributed by atoms with Crippen molar-refractivity contribution in [3.05, 3.63) is 0 Å². The van der Waals surface area contributed by atoms with E-state index in [2.05, 4.69) is 11.2 Å². The van der Waals surface area contributed by atoms with Gasteiger partial charge in [-0.25, -0.2) is 0 Å². The van der Waals surface area contributed by atoms with Gasteiger partial charge in [0.25, 0.3) is 0 Å². The fourth-order valence-electron chi connectivity index (χ4n) is 1.96. The van der Waals surface area contributed by atoms with Gasteiger partial charge in [-0.2, -0.15) is 11.8 Å². The van der Waals surface area contributed by atoms with Crippen LogP contribution in [-0.4, -0.2) is 42.4 Å². The van der Waals surface area contributed by atoms with E-state index in [0.717, 1.165) is 11.8 Å². The number of thioether (sulfide) groups is 1. The van der Waals surface area contributed by atoms with Gasteiger partial charge in [-0.05, 0) is 38.0 Å². The van der Waals surface area contributed by atoms with Crippen LogP contribution in [0.25, 0.3) is 0 Å². The molecule has 0 radical (unpaired) electrons. The van der Waals surface area contributed by atoms with E-state index in [9.17, 15) is 0 Å². The lowest BCUT2D eigenvalue weighted by atomic mass is 9.96. The number of hydrogen-bond donors (Lipinski definition) is 0. The molecular weight excluding hydrogens is 202 g/mol. The first kappa shape index (κ1) is 11.7. The summed E-state index contributed by atoms with van der Waals surface area (Å²) in [6.07, 6.45) is 6.15. The predicted molar refractivity (Wildman–Crippen MR) is 62.9 cm³/mol. The van der Waals surface area contributed by atoms with Crippen molar-refractivity contribution in [2.24, 2.45) is 5.92 Å². The first-order chi connectivity index (χ1) is 6.36. The van der Waals surface area contributed by atoms with E-state index in [1.807, 2.05) is 11.8 Å². The number of piperidine rings is 1. The third-order valence-corrected chi connectivity index (χ3v) is 3.54. The number of alkyl halides is 1. The van der Waals surface area contributed by atoms with Gasteiger partial charge in [0.1, 0.15) is 0 Å². The molecule has 0 aromatic carbocycles. The predicted octanol–water partition coefficient (Wildman–Crippen LogP) is 2.69. The highest BCUT2D eigenvalue weighted by molar-refractivity contribution is 7.98. The Morgan fingerprint density at radius 3 is 3.08 bits per heavy atom. The van der Waals surface area contributed by atoms with E-state index in [-0.39, 0.29) is 0 Å². The van der Waals surface area contributed by atoms with E-state index in [1.165, 1.54) is 44.6 Å². The van der Waals surface area contributed by atoms with Crippen LogP contribution in [0.5, 0.6) is 0 Å². The third kappa shape index (κ3) is 4.57. The van der Waals surface area contributed by atoms with Gasteiger partial charge in [0.15, 0.2) is 0 Å². The van der Waals surface area contributed by atoms with Crippen LogP contribution in [-0.2, 0) is 0 Å². The van der Waals surface area contributed by atoms with Gasteiger partial charge in [0.05, 0.1) is 0 Å². The normalized spacial score (nSPS) is 24.9. The zero-order chi connectivity index (χ0) is 9.52. The second kappa shape index (κ2) is 6.97. The van der Waals surface area contributed by atoms with Crippen molar-refractivity contribution in [3.63, 3.8) is 0 Å². The largest absolute Gasteiger partial charge is 0.302 e. The number of likely N-dealkylation sites (tertiary alicyclic amines) is 1. The number of hydrogen-bond acceptors (Lipinski definition) is 2. The van der Waals surface area contributed by atoms with Crippen molar-refractivity contribution in [3.8, 4) is 0 Å². The second-order valence-electron chi connectivity index (χ2n) is 3.78. The maximum Gasteiger partial charge on any atom is 0.0226 e. The highest BCUT2D eigenvalue weighted by Gasteiger charge is 2.18. The Morgan fingerprint density at radius 2 is 2.38 bits per heavy atom. The maximum atomic E-state index is 5.76. The first-order valence-corrected chi connectivity index (χ1v) is 7.07. The molecule has 0 aliphatic carbocycles. The van der Waals surface area contributed by atoms with Crippen molar-refractivity contribution in [1.82, 2.24) is 4.90 Å². The molecule has 0 aromatic heterocycles. The fraction of sp³-hybridized carbons (Fsp3) is 1.00. The lowest BCUT2D eigenvalue weighted by molar-refractivity contribution is 0.181. The monoisotopic (exact) mass is 221 g/mol. The van der Waals surface area contributed by atoms with Gasteiger partial charge in [0, 0.05) is 24.7 Å². The summed E-state index contributed by atoms with van der Waals surface area (Å²) in [5.74, 6) is 2.97. The van der Waals surface area contributed by atoms with Crippen molar-refractivity contribution in [1.29, 1.82) is 0 Å². The summed E-state index contributed by atoms with van der Waals surface area (Å²) < 4.78 is 0. The summed E-state index contributed by atoms with van der Waals surface area (Å²) in [6.45, 7) is 3.85. The van der Waals surface area contributed by atoms with Gasteiger partial charge in [0.2, 0.25) is 0 Å². The molecule has 0 amide bonds. The molecule has 13 heavy (non-hydrogen) atoms. The maximum absolute atomic E-state index is 5.76. The highest BCUT2D eigenvalue weighted by atomic mass is 35.5. The Labute approximate surface area is 91.2 Å². The Hall–Kier alpha value is 0.600. The van der Waals surface area contributed by atoms with E-state index in [0.29, 0.717) is 0 Å². The van der Waals surface area contributed by atoms with Crippen LogP contribution >= 0.6 is 23.4 Å². The Morgan fingerprint density at radius 1 is 1.54 bits per heavy atom. The number of rotatable bonds is 5. The lowest BCUT2D eigenvalue weighted by Crippen LogP contribution is -2.36. The third-order valence-electron chi connectivity index (χ3n) is 2.73. The van der Waals surface area contributed by atoms with Crippen molar-refractivity contribution >= 4 is 23.4 Å². The molecule has 1 unspecified atom stereocenters. The summed E-state index contributed by atoms with van der Waals surface area (Å²) in [5.41, 5.74) is 0. The molecule has 1 nitrogen and oxygen atoms in total. The lowest BCUT2D eigenvalue weighted by Gasteiger charge is -2.32. The Balaban J connectivity index is 2.16. The summed E-state index contributed by atoms with van der Waals surface area (Å²) in [5, 5.41) is 0. The van der Waals surface area contributed by atoms with Gasteiger partial charge in [-0.15, -0.1) is 11.6 Å². The van der Waals surface area contributed by atoms with Gasteiger partial charge in [-0.3, -0.25) is 0 Å². The molecule has 78 valence electrons. The molecule has 1 aliphatic heterocycles. The minimum absolute atomic E-state index is 0.834. The summed E-state index contributed by atoms with van der Waals surface area (Å²) >= 11 is 7.71.